The van der Waals surface area contributed by atoms with E-state index in [9.17, 15) is 14.4 Å². The maximum absolute atomic E-state index is 13.6. The molecule has 14 heteroatoms. The van der Waals surface area contributed by atoms with Crippen molar-refractivity contribution in [3.8, 4) is 33.8 Å². The van der Waals surface area contributed by atoms with Crippen LogP contribution in [0.3, 0.4) is 0 Å². The fourth-order valence-electron chi connectivity index (χ4n) is 8.92. The van der Waals surface area contributed by atoms with Crippen molar-refractivity contribution in [1.82, 2.24) is 45.4 Å². The molecule has 7 atom stereocenters. The normalized spacial score (nSPS) is 22.5. The Kier molecular flexibility index (Phi) is 10.6. The first-order valence-electron chi connectivity index (χ1n) is 19.3. The van der Waals surface area contributed by atoms with Gasteiger partial charge in [0.25, 0.3) is 0 Å². The third kappa shape index (κ3) is 7.40. The zero-order valence-corrected chi connectivity index (χ0v) is 31.8. The Labute approximate surface area is 325 Å². The number of ether oxygens (including phenoxy) is 2. The van der Waals surface area contributed by atoms with Crippen LogP contribution >= 0.6 is 0 Å². The Morgan fingerprint density at radius 2 is 1.59 bits per heavy atom. The molecule has 2 bridgehead atoms. The van der Waals surface area contributed by atoms with Gasteiger partial charge in [-0.2, -0.15) is 0 Å². The molecular weight excluding hydrogens is 711 g/mol. The highest BCUT2D eigenvalue weighted by Gasteiger charge is 2.52. The number of methoxy groups -OCH3 is 2. The summed E-state index contributed by atoms with van der Waals surface area (Å²) in [6.07, 6.45) is 12.6. The zero-order valence-electron chi connectivity index (χ0n) is 31.8. The number of fused-ring (bicyclic) bond motifs is 2. The van der Waals surface area contributed by atoms with Gasteiger partial charge in [0, 0.05) is 55.8 Å². The number of benzene rings is 1. The number of amides is 3. The average molecular weight is 758 g/mol. The number of aromatic amines is 2. The number of hydrogen-bond acceptors (Lipinski definition) is 9. The van der Waals surface area contributed by atoms with Gasteiger partial charge in [-0.25, -0.2) is 14.8 Å². The molecule has 56 heavy (non-hydrogen) atoms. The monoisotopic (exact) mass is 757 g/mol. The lowest BCUT2D eigenvalue weighted by Gasteiger charge is -2.30. The summed E-state index contributed by atoms with van der Waals surface area (Å²) in [6.45, 7) is 2.75. The summed E-state index contributed by atoms with van der Waals surface area (Å²) in [5.41, 5.74) is 6.40. The van der Waals surface area contributed by atoms with Gasteiger partial charge in [-0.3, -0.25) is 19.6 Å². The smallest absolute Gasteiger partial charge is 0.407 e. The van der Waals surface area contributed by atoms with Crippen LogP contribution in [-0.4, -0.2) is 85.6 Å². The van der Waals surface area contributed by atoms with Gasteiger partial charge in [-0.1, -0.05) is 30.3 Å². The van der Waals surface area contributed by atoms with Crippen molar-refractivity contribution >= 4 is 17.9 Å². The lowest BCUT2D eigenvalue weighted by molar-refractivity contribution is -0.137. The third-order valence-corrected chi connectivity index (χ3v) is 11.9. The molecule has 2 saturated carbocycles. The standard InChI is InChI=1S/C42H47N9O5/c1-24(55-2)37(50-42(54)56-3)41(53)51-17-5-7-34(51)38-45-23-33(48-38)30-14-15-31(44-21-30)26-8-10-27(11-9-26)32-22-46-39(49-32)35-28-12-13-29(18-28)36(35)40(52)47-20-25-6-4-16-43-19-25/h4,6,8-11,14-16,19,21-24,28-29,34-37H,5,7,12-13,17-18,20H2,1-3H3,(H,45,48)(H,46,49)(H,47,52)(H,50,54)/t24-,28?,29?,34+,35+,36+,37+/m1/s1. The topological polar surface area (TPSA) is 180 Å². The number of pyridine rings is 2. The maximum Gasteiger partial charge on any atom is 0.407 e. The number of hydrogen-bond donors (Lipinski definition) is 4. The average Bonchev–Trinajstić information content (AvgIpc) is 4.10. The number of nitrogens with zero attached hydrogens (tertiary/aromatic N) is 5. The number of carbonyl (C=O) groups is 3. The van der Waals surface area contributed by atoms with Crippen LogP contribution in [0.4, 0.5) is 4.79 Å². The van der Waals surface area contributed by atoms with E-state index in [0.717, 1.165) is 77.3 Å². The highest BCUT2D eigenvalue weighted by Crippen LogP contribution is 2.56. The van der Waals surface area contributed by atoms with E-state index in [1.54, 1.807) is 30.4 Å². The Bertz CT molecular complexity index is 2150. The van der Waals surface area contributed by atoms with E-state index in [1.807, 2.05) is 36.7 Å². The second-order valence-electron chi connectivity index (χ2n) is 15.1. The molecule has 14 nitrogen and oxygen atoms in total. The molecule has 2 aliphatic carbocycles. The third-order valence-electron chi connectivity index (χ3n) is 11.9. The molecule has 290 valence electrons. The van der Waals surface area contributed by atoms with Gasteiger partial charge in [-0.05, 0) is 80.2 Å². The highest BCUT2D eigenvalue weighted by atomic mass is 16.5. The van der Waals surface area contributed by atoms with Crippen LogP contribution in [0.15, 0.2) is 79.5 Å². The molecule has 1 aliphatic heterocycles. The van der Waals surface area contributed by atoms with E-state index in [4.69, 9.17) is 19.4 Å². The van der Waals surface area contributed by atoms with Crippen molar-refractivity contribution < 1.29 is 23.9 Å². The van der Waals surface area contributed by atoms with Gasteiger partial charge in [0.05, 0.1) is 54.6 Å². The molecule has 4 N–H and O–H groups in total. The molecule has 3 fully saturated rings. The molecule has 0 spiro atoms. The summed E-state index contributed by atoms with van der Waals surface area (Å²) >= 11 is 0. The van der Waals surface area contributed by atoms with Crippen LogP contribution in [0.25, 0.3) is 33.8 Å². The largest absolute Gasteiger partial charge is 0.453 e. The molecular formula is C42H47N9O5. The van der Waals surface area contributed by atoms with E-state index in [1.165, 1.54) is 14.2 Å². The number of imidazole rings is 2. The highest BCUT2D eigenvalue weighted by molar-refractivity contribution is 5.87. The van der Waals surface area contributed by atoms with E-state index < -0.39 is 18.2 Å². The van der Waals surface area contributed by atoms with Gasteiger partial charge in [0.1, 0.15) is 17.7 Å². The van der Waals surface area contributed by atoms with Gasteiger partial charge < -0.3 is 35.0 Å². The quantitative estimate of drug-likeness (QED) is 0.123. The minimum absolute atomic E-state index is 0.0799. The van der Waals surface area contributed by atoms with Crippen molar-refractivity contribution in [3.63, 3.8) is 0 Å². The van der Waals surface area contributed by atoms with E-state index in [2.05, 4.69) is 54.8 Å². The van der Waals surface area contributed by atoms with Crippen molar-refractivity contribution in [2.75, 3.05) is 20.8 Å². The molecule has 1 aromatic carbocycles. The molecule has 3 amide bonds. The number of carbonyl (C=O) groups excluding carboxylic acids is 3. The van der Waals surface area contributed by atoms with Crippen LogP contribution in [0.1, 0.15) is 68.2 Å². The van der Waals surface area contributed by atoms with Crippen molar-refractivity contribution in [1.29, 1.82) is 0 Å². The van der Waals surface area contributed by atoms with E-state index >= 15 is 0 Å². The summed E-state index contributed by atoms with van der Waals surface area (Å²) < 4.78 is 10.1. The summed E-state index contributed by atoms with van der Waals surface area (Å²) in [7, 11) is 2.76. The molecule has 1 saturated heterocycles. The lowest BCUT2D eigenvalue weighted by Crippen LogP contribution is -2.54. The molecule has 5 heterocycles. The molecule has 0 radical (unpaired) electrons. The maximum atomic E-state index is 13.6. The molecule has 3 aliphatic rings. The van der Waals surface area contributed by atoms with Crippen LogP contribution in [-0.2, 0) is 25.6 Å². The fraction of sp³-hybridized carbons (Fsp3) is 0.405. The van der Waals surface area contributed by atoms with Gasteiger partial charge in [0.2, 0.25) is 11.8 Å². The van der Waals surface area contributed by atoms with Gasteiger partial charge in [0.15, 0.2) is 0 Å². The number of aromatic nitrogens is 6. The van der Waals surface area contributed by atoms with Crippen LogP contribution in [0.5, 0.6) is 0 Å². The van der Waals surface area contributed by atoms with Crippen LogP contribution in [0.2, 0.25) is 0 Å². The number of alkyl carbamates (subject to hydrolysis) is 1. The number of H-pyrrole nitrogens is 2. The predicted molar refractivity (Wildman–Crippen MR) is 207 cm³/mol. The number of likely N-dealkylation sites (tertiary alicyclic amines) is 1. The summed E-state index contributed by atoms with van der Waals surface area (Å²) in [4.78, 5) is 66.2. The van der Waals surface area contributed by atoms with Crippen molar-refractivity contribution in [2.24, 2.45) is 17.8 Å². The zero-order chi connectivity index (χ0) is 38.8. The Morgan fingerprint density at radius 3 is 2.32 bits per heavy atom. The van der Waals surface area contributed by atoms with Crippen LogP contribution in [0, 0.1) is 17.8 Å². The second kappa shape index (κ2) is 16.1. The Hall–Kier alpha value is -5.89. The van der Waals surface area contributed by atoms with Crippen molar-refractivity contribution in [2.45, 2.75) is 69.7 Å². The Morgan fingerprint density at radius 1 is 0.857 bits per heavy atom. The van der Waals surface area contributed by atoms with E-state index in [-0.39, 0.29) is 29.7 Å². The minimum Gasteiger partial charge on any atom is -0.453 e. The summed E-state index contributed by atoms with van der Waals surface area (Å²) in [5, 5.41) is 5.79. The number of nitrogens with one attached hydrogen (secondary N) is 4. The minimum atomic E-state index is -0.895. The van der Waals surface area contributed by atoms with Crippen LogP contribution < -0.4 is 10.6 Å². The van der Waals surface area contributed by atoms with Gasteiger partial charge >= 0.3 is 6.09 Å². The number of rotatable bonds is 12. The van der Waals surface area contributed by atoms with E-state index in [0.29, 0.717) is 30.7 Å². The molecule has 5 aromatic rings. The lowest BCUT2D eigenvalue weighted by atomic mass is 9.78. The summed E-state index contributed by atoms with van der Waals surface area (Å²) in [6, 6.07) is 14.9. The SMILES string of the molecule is COC(=O)N[C@H](C(=O)N1CCC[C@H]1c1ncc(-c2ccc(-c3ccc(-c4cnc([C@H]5C6CCC(C6)[C@@H]5C(=O)NCc5cccnc5)[nH]4)cc3)nc2)[nH]1)[C@@H](C)OC. The molecule has 2 unspecified atom stereocenters. The molecule has 4 aromatic heterocycles. The summed E-state index contributed by atoms with van der Waals surface area (Å²) in [5.74, 6) is 2.26. The Balaban J connectivity index is 0.918. The molecule has 8 rings (SSSR count). The first-order chi connectivity index (χ1) is 27.3. The first kappa shape index (κ1) is 37.1. The van der Waals surface area contributed by atoms with Gasteiger partial charge in [-0.15, -0.1) is 0 Å². The predicted octanol–water partition coefficient (Wildman–Crippen LogP) is 5.79. The van der Waals surface area contributed by atoms with Crippen molar-refractivity contribution in [3.05, 3.63) is 96.7 Å². The second-order valence-corrected chi connectivity index (χ2v) is 15.1. The first-order valence-corrected chi connectivity index (χ1v) is 19.3. The fourth-order valence-corrected chi connectivity index (χ4v) is 8.92.